The minimum atomic E-state index is -0.640. The van der Waals surface area contributed by atoms with Crippen molar-refractivity contribution in [1.29, 1.82) is 0 Å². The number of nitrogens with zero attached hydrogens (tertiary/aromatic N) is 1. The molecule has 0 aliphatic rings. The van der Waals surface area contributed by atoms with Crippen molar-refractivity contribution in [2.24, 2.45) is 0 Å². The smallest absolute Gasteiger partial charge is 0.330 e. The van der Waals surface area contributed by atoms with Crippen LogP contribution in [-0.2, 0) is 4.79 Å². The Hall–Kier alpha value is -2.37. The number of rotatable bonds is 4. The zero-order valence-electron chi connectivity index (χ0n) is 10.1. The summed E-state index contributed by atoms with van der Waals surface area (Å²) in [7, 11) is 0. The summed E-state index contributed by atoms with van der Waals surface area (Å²) in [5, 5.41) is 4.87. The Balaban J connectivity index is 2.91. The normalized spacial score (nSPS) is 9.39. The second kappa shape index (κ2) is 7.05. The molecular formula is C12H15N3O3. The van der Waals surface area contributed by atoms with Crippen LogP contribution in [-0.4, -0.2) is 31.4 Å². The number of aldehydes is 1. The van der Waals surface area contributed by atoms with E-state index < -0.39 is 12.1 Å². The third-order valence-electron chi connectivity index (χ3n) is 2.09. The first kappa shape index (κ1) is 13.7. The Labute approximate surface area is 105 Å². The summed E-state index contributed by atoms with van der Waals surface area (Å²) in [5.74, 6) is 0. The van der Waals surface area contributed by atoms with Gasteiger partial charge < -0.3 is 15.4 Å². The molecule has 0 aliphatic heterocycles. The molecule has 1 rings (SSSR count). The van der Waals surface area contributed by atoms with Gasteiger partial charge in [0.15, 0.2) is 0 Å². The van der Waals surface area contributed by atoms with E-state index in [1.165, 1.54) is 0 Å². The topological polar surface area (TPSA) is 78.5 Å². The third kappa shape index (κ3) is 3.58. The monoisotopic (exact) mass is 249 g/mol. The molecule has 1 aromatic rings. The summed E-state index contributed by atoms with van der Waals surface area (Å²) in [6.07, 6.45) is 0.554. The van der Waals surface area contributed by atoms with Crippen molar-refractivity contribution in [3.8, 4) is 0 Å². The van der Waals surface area contributed by atoms with Crippen molar-refractivity contribution in [2.75, 3.05) is 18.0 Å². The quantitative estimate of drug-likeness (QED) is 0.785. The van der Waals surface area contributed by atoms with Crippen LogP contribution >= 0.6 is 0 Å². The lowest BCUT2D eigenvalue weighted by atomic mass is 10.3. The molecule has 0 spiro atoms. The second-order valence-electron chi connectivity index (χ2n) is 3.36. The van der Waals surface area contributed by atoms with Crippen LogP contribution in [0.4, 0.5) is 15.3 Å². The van der Waals surface area contributed by atoms with Crippen LogP contribution in [0.5, 0.6) is 0 Å². The highest BCUT2D eigenvalue weighted by molar-refractivity contribution is 6.13. The van der Waals surface area contributed by atoms with Crippen LogP contribution in [0, 0.1) is 0 Å². The molecule has 0 saturated carbocycles. The van der Waals surface area contributed by atoms with Crippen molar-refractivity contribution in [3.63, 3.8) is 0 Å². The van der Waals surface area contributed by atoms with Gasteiger partial charge in [-0.2, -0.15) is 0 Å². The number of anilines is 1. The lowest BCUT2D eigenvalue weighted by Gasteiger charge is -2.20. The number of benzene rings is 1. The highest BCUT2D eigenvalue weighted by atomic mass is 16.2. The molecule has 2 N–H and O–H groups in total. The third-order valence-corrected chi connectivity index (χ3v) is 2.09. The van der Waals surface area contributed by atoms with Crippen molar-refractivity contribution in [2.45, 2.75) is 6.92 Å². The van der Waals surface area contributed by atoms with Gasteiger partial charge in [0.25, 0.3) is 0 Å². The summed E-state index contributed by atoms with van der Waals surface area (Å²) in [4.78, 5) is 34.8. The van der Waals surface area contributed by atoms with Crippen LogP contribution < -0.4 is 15.5 Å². The number of hydrogen-bond acceptors (Lipinski definition) is 3. The van der Waals surface area contributed by atoms with E-state index in [1.54, 1.807) is 37.3 Å². The van der Waals surface area contributed by atoms with Crippen LogP contribution in [0.15, 0.2) is 30.3 Å². The Morgan fingerprint density at radius 3 is 2.33 bits per heavy atom. The fraction of sp³-hybridized carbons (Fsp3) is 0.250. The summed E-state index contributed by atoms with van der Waals surface area (Å²) in [6, 6.07) is 7.31. The Morgan fingerprint density at radius 2 is 1.78 bits per heavy atom. The van der Waals surface area contributed by atoms with E-state index in [2.05, 4.69) is 10.6 Å². The number of carbonyl (C=O) groups excluding carboxylic acids is 3. The number of hydrogen-bond donors (Lipinski definition) is 2. The van der Waals surface area contributed by atoms with Gasteiger partial charge in [0.2, 0.25) is 0 Å². The predicted molar refractivity (Wildman–Crippen MR) is 67.5 cm³/mol. The summed E-state index contributed by atoms with van der Waals surface area (Å²) in [6.45, 7) is 2.02. The molecule has 96 valence electrons. The summed E-state index contributed by atoms with van der Waals surface area (Å²) >= 11 is 0. The van der Waals surface area contributed by atoms with Crippen molar-refractivity contribution in [1.82, 2.24) is 10.6 Å². The van der Waals surface area contributed by atoms with Crippen LogP contribution in [0.2, 0.25) is 0 Å². The fourth-order valence-electron chi connectivity index (χ4n) is 1.34. The SMILES string of the molecule is CCNC(=O)N(C(=O)NCC=O)c1ccccc1. The van der Waals surface area contributed by atoms with Gasteiger partial charge in [0.1, 0.15) is 6.29 Å². The minimum absolute atomic E-state index is 0.137. The van der Waals surface area contributed by atoms with Gasteiger partial charge in [-0.05, 0) is 19.1 Å². The molecule has 0 atom stereocenters. The molecule has 4 amide bonds. The van der Waals surface area contributed by atoms with E-state index in [0.717, 1.165) is 4.90 Å². The Bertz CT molecular complexity index is 420. The highest BCUT2D eigenvalue weighted by Crippen LogP contribution is 2.13. The first-order valence-electron chi connectivity index (χ1n) is 5.55. The summed E-state index contributed by atoms with van der Waals surface area (Å²) < 4.78 is 0. The highest BCUT2D eigenvalue weighted by Gasteiger charge is 2.22. The number of carbonyl (C=O) groups is 3. The van der Waals surface area contributed by atoms with Crippen molar-refractivity contribution >= 4 is 24.0 Å². The molecule has 0 bridgehead atoms. The van der Waals surface area contributed by atoms with Gasteiger partial charge >= 0.3 is 12.1 Å². The zero-order valence-corrected chi connectivity index (χ0v) is 10.1. The second-order valence-corrected chi connectivity index (χ2v) is 3.36. The summed E-state index contributed by atoms with van der Waals surface area (Å²) in [5.41, 5.74) is 0.437. The first-order valence-corrected chi connectivity index (χ1v) is 5.55. The molecule has 0 heterocycles. The van der Waals surface area contributed by atoms with Gasteiger partial charge in [-0.25, -0.2) is 14.5 Å². The molecule has 6 nitrogen and oxygen atoms in total. The number of amides is 4. The number of imide groups is 1. The van der Waals surface area contributed by atoms with E-state index in [4.69, 9.17) is 0 Å². The van der Waals surface area contributed by atoms with E-state index in [1.807, 2.05) is 0 Å². The van der Waals surface area contributed by atoms with Crippen LogP contribution in [0.25, 0.3) is 0 Å². The lowest BCUT2D eigenvalue weighted by molar-refractivity contribution is -0.107. The maximum atomic E-state index is 11.8. The molecule has 0 aromatic heterocycles. The van der Waals surface area contributed by atoms with Crippen LogP contribution in [0.1, 0.15) is 6.92 Å². The molecule has 1 aromatic carbocycles. The molecule has 0 saturated heterocycles. The predicted octanol–water partition coefficient (Wildman–Crippen LogP) is 1.13. The Morgan fingerprint density at radius 1 is 1.17 bits per heavy atom. The van der Waals surface area contributed by atoms with Crippen molar-refractivity contribution in [3.05, 3.63) is 30.3 Å². The van der Waals surface area contributed by atoms with Gasteiger partial charge in [-0.1, -0.05) is 18.2 Å². The van der Waals surface area contributed by atoms with E-state index >= 15 is 0 Å². The molecule has 0 radical (unpaired) electrons. The fourth-order valence-corrected chi connectivity index (χ4v) is 1.34. The van der Waals surface area contributed by atoms with E-state index in [9.17, 15) is 14.4 Å². The van der Waals surface area contributed by atoms with Gasteiger partial charge in [0.05, 0.1) is 12.2 Å². The number of para-hydroxylation sites is 1. The lowest BCUT2D eigenvalue weighted by Crippen LogP contribution is -2.49. The standard InChI is InChI=1S/C12H15N3O3/c1-2-13-11(17)15(12(18)14-8-9-16)10-6-4-3-5-7-10/h3-7,9H,2,8H2,1H3,(H,13,17)(H,14,18). The molecule has 18 heavy (non-hydrogen) atoms. The maximum absolute atomic E-state index is 11.8. The number of urea groups is 2. The minimum Gasteiger partial charge on any atom is -0.338 e. The Kier molecular flexibility index (Phi) is 5.37. The number of nitrogens with one attached hydrogen (secondary N) is 2. The van der Waals surface area contributed by atoms with E-state index in [-0.39, 0.29) is 6.54 Å². The van der Waals surface area contributed by atoms with Gasteiger partial charge in [0, 0.05) is 6.54 Å². The molecule has 6 heteroatoms. The van der Waals surface area contributed by atoms with E-state index in [0.29, 0.717) is 18.5 Å². The first-order chi connectivity index (χ1) is 8.70. The molecule has 0 fully saturated rings. The van der Waals surface area contributed by atoms with Crippen LogP contribution in [0.3, 0.4) is 0 Å². The molecular weight excluding hydrogens is 234 g/mol. The molecule has 0 unspecified atom stereocenters. The largest absolute Gasteiger partial charge is 0.338 e. The van der Waals surface area contributed by atoms with Gasteiger partial charge in [-0.15, -0.1) is 0 Å². The van der Waals surface area contributed by atoms with Gasteiger partial charge in [-0.3, -0.25) is 0 Å². The van der Waals surface area contributed by atoms with Crippen molar-refractivity contribution < 1.29 is 14.4 Å². The zero-order chi connectivity index (χ0) is 13.4. The average molecular weight is 249 g/mol. The maximum Gasteiger partial charge on any atom is 0.330 e. The molecule has 0 aliphatic carbocycles. The average Bonchev–Trinajstić information content (AvgIpc) is 2.38.